The molecule has 0 spiro atoms. The second-order valence-electron chi connectivity index (χ2n) is 5.34. The molecule has 0 aliphatic heterocycles. The van der Waals surface area contributed by atoms with Gasteiger partial charge in [-0.15, -0.1) is 0 Å². The zero-order chi connectivity index (χ0) is 16.0. The van der Waals surface area contributed by atoms with Gasteiger partial charge in [0.2, 0.25) is 5.78 Å². The fourth-order valence-electron chi connectivity index (χ4n) is 2.87. The summed E-state index contributed by atoms with van der Waals surface area (Å²) in [5.74, 6) is 0.655. The third-order valence-corrected chi connectivity index (χ3v) is 4.00. The van der Waals surface area contributed by atoms with E-state index in [2.05, 4.69) is 4.98 Å². The Hall–Kier alpha value is -2.35. The number of hydrogen-bond acceptors (Lipinski definition) is 4. The molecule has 0 saturated heterocycles. The SMILES string of the molecule is CCn1c(C)cn2c3c(=O)n(CCCO)c(=O)n(C)c3nc12. The molecule has 0 aliphatic carbocycles. The van der Waals surface area contributed by atoms with Crippen molar-refractivity contribution in [2.45, 2.75) is 33.4 Å². The number of aryl methyl sites for hydroxylation is 3. The Morgan fingerprint density at radius 2 is 2.00 bits per heavy atom. The minimum absolute atomic E-state index is 0.0687. The first kappa shape index (κ1) is 14.6. The average Bonchev–Trinajstić information content (AvgIpc) is 2.99. The highest BCUT2D eigenvalue weighted by atomic mass is 16.3. The van der Waals surface area contributed by atoms with Crippen LogP contribution < -0.4 is 11.2 Å². The predicted octanol–water partition coefficient (Wildman–Crippen LogP) is -0.140. The zero-order valence-corrected chi connectivity index (χ0v) is 12.9. The third kappa shape index (κ3) is 1.83. The summed E-state index contributed by atoms with van der Waals surface area (Å²) in [5.41, 5.74) is 0.999. The summed E-state index contributed by atoms with van der Waals surface area (Å²) in [6, 6.07) is 0. The molecule has 0 fully saturated rings. The van der Waals surface area contributed by atoms with E-state index in [0.29, 0.717) is 23.4 Å². The van der Waals surface area contributed by atoms with Crippen molar-refractivity contribution in [3.8, 4) is 0 Å². The summed E-state index contributed by atoms with van der Waals surface area (Å²) in [7, 11) is 1.61. The van der Waals surface area contributed by atoms with Crippen LogP contribution in [0, 0.1) is 6.92 Å². The zero-order valence-electron chi connectivity index (χ0n) is 12.9. The van der Waals surface area contributed by atoms with Crippen LogP contribution in [0.15, 0.2) is 15.8 Å². The van der Waals surface area contributed by atoms with E-state index in [1.165, 1.54) is 4.57 Å². The van der Waals surface area contributed by atoms with Crippen molar-refractivity contribution in [3.05, 3.63) is 32.7 Å². The second kappa shape index (κ2) is 5.13. The molecule has 3 rings (SSSR count). The van der Waals surface area contributed by atoms with Gasteiger partial charge in [0.1, 0.15) is 0 Å². The van der Waals surface area contributed by atoms with Crippen LogP contribution in [0.3, 0.4) is 0 Å². The molecule has 0 atom stereocenters. The van der Waals surface area contributed by atoms with Gasteiger partial charge in [0.05, 0.1) is 0 Å². The van der Waals surface area contributed by atoms with E-state index in [0.717, 1.165) is 16.8 Å². The lowest BCUT2D eigenvalue weighted by molar-refractivity contribution is 0.277. The van der Waals surface area contributed by atoms with E-state index in [-0.39, 0.29) is 18.7 Å². The van der Waals surface area contributed by atoms with E-state index in [4.69, 9.17) is 5.11 Å². The van der Waals surface area contributed by atoms with E-state index < -0.39 is 5.69 Å². The summed E-state index contributed by atoms with van der Waals surface area (Å²) < 4.78 is 6.27. The van der Waals surface area contributed by atoms with Gasteiger partial charge in [0.25, 0.3) is 5.56 Å². The second-order valence-corrected chi connectivity index (χ2v) is 5.34. The number of fused-ring (bicyclic) bond motifs is 3. The molecule has 3 aromatic rings. The summed E-state index contributed by atoms with van der Waals surface area (Å²) in [5, 5.41) is 8.95. The van der Waals surface area contributed by atoms with E-state index in [1.54, 1.807) is 11.4 Å². The Kier molecular flexibility index (Phi) is 3.40. The summed E-state index contributed by atoms with van der Waals surface area (Å²) >= 11 is 0. The van der Waals surface area contributed by atoms with Crippen LogP contribution >= 0.6 is 0 Å². The number of aromatic nitrogens is 5. The summed E-state index contributed by atoms with van der Waals surface area (Å²) in [6.07, 6.45) is 2.22. The van der Waals surface area contributed by atoms with Crippen molar-refractivity contribution < 1.29 is 5.11 Å². The first-order valence-corrected chi connectivity index (χ1v) is 7.29. The number of imidazole rings is 2. The van der Waals surface area contributed by atoms with E-state index in [9.17, 15) is 9.59 Å². The average molecular weight is 305 g/mol. The number of aliphatic hydroxyl groups is 1. The van der Waals surface area contributed by atoms with Gasteiger partial charge in [0.15, 0.2) is 11.2 Å². The van der Waals surface area contributed by atoms with Gasteiger partial charge in [-0.3, -0.25) is 18.3 Å². The number of nitrogens with zero attached hydrogens (tertiary/aromatic N) is 5. The van der Waals surface area contributed by atoms with Gasteiger partial charge in [-0.05, 0) is 20.3 Å². The lowest BCUT2D eigenvalue weighted by atomic mass is 10.4. The largest absolute Gasteiger partial charge is 0.396 e. The first-order valence-electron chi connectivity index (χ1n) is 7.29. The molecule has 0 unspecified atom stereocenters. The van der Waals surface area contributed by atoms with Crippen LogP contribution in [0.1, 0.15) is 19.0 Å². The van der Waals surface area contributed by atoms with Gasteiger partial charge in [-0.1, -0.05) is 0 Å². The minimum Gasteiger partial charge on any atom is -0.396 e. The van der Waals surface area contributed by atoms with Crippen LogP contribution in [0.5, 0.6) is 0 Å². The Bertz CT molecular complexity index is 973. The van der Waals surface area contributed by atoms with Gasteiger partial charge < -0.3 is 9.67 Å². The lowest BCUT2D eigenvalue weighted by Crippen LogP contribution is -2.39. The van der Waals surface area contributed by atoms with Crippen molar-refractivity contribution in [3.63, 3.8) is 0 Å². The highest BCUT2D eigenvalue weighted by molar-refractivity contribution is 5.75. The van der Waals surface area contributed by atoms with Crippen molar-refractivity contribution in [1.29, 1.82) is 0 Å². The lowest BCUT2D eigenvalue weighted by Gasteiger charge is -2.06. The molecule has 0 bridgehead atoms. The smallest absolute Gasteiger partial charge is 0.332 e. The normalized spacial score (nSPS) is 11.8. The molecule has 1 N–H and O–H groups in total. The molecule has 3 aromatic heterocycles. The third-order valence-electron chi connectivity index (χ3n) is 4.00. The molecular weight excluding hydrogens is 286 g/mol. The standard InChI is InChI=1S/C14H19N5O3/c1-4-17-9(2)8-19-10-11(15-13(17)19)16(3)14(22)18(12(10)21)6-5-7-20/h8,20H,4-7H2,1-3H3. The molecule has 0 saturated carbocycles. The number of hydrogen-bond donors (Lipinski definition) is 1. The van der Waals surface area contributed by atoms with Gasteiger partial charge in [-0.25, -0.2) is 4.79 Å². The molecule has 118 valence electrons. The Balaban J connectivity index is 2.45. The van der Waals surface area contributed by atoms with E-state index in [1.807, 2.05) is 24.6 Å². The highest BCUT2D eigenvalue weighted by Crippen LogP contribution is 2.15. The number of aliphatic hydroxyl groups excluding tert-OH is 1. The maximum absolute atomic E-state index is 12.7. The summed E-state index contributed by atoms with van der Waals surface area (Å²) in [4.78, 5) is 29.5. The van der Waals surface area contributed by atoms with Crippen molar-refractivity contribution in [2.24, 2.45) is 7.05 Å². The molecule has 22 heavy (non-hydrogen) atoms. The predicted molar refractivity (Wildman–Crippen MR) is 82.3 cm³/mol. The van der Waals surface area contributed by atoms with Crippen LogP contribution in [0.25, 0.3) is 16.9 Å². The number of rotatable bonds is 4. The monoisotopic (exact) mass is 305 g/mol. The maximum atomic E-state index is 12.7. The molecular formula is C14H19N5O3. The molecule has 0 amide bonds. The van der Waals surface area contributed by atoms with Crippen molar-refractivity contribution in [2.75, 3.05) is 6.61 Å². The van der Waals surface area contributed by atoms with E-state index >= 15 is 0 Å². The van der Waals surface area contributed by atoms with Gasteiger partial charge >= 0.3 is 5.69 Å². The molecule has 8 heteroatoms. The molecule has 0 aliphatic rings. The molecule has 3 heterocycles. The van der Waals surface area contributed by atoms with Crippen LogP contribution in [0.4, 0.5) is 0 Å². The molecule has 8 nitrogen and oxygen atoms in total. The quantitative estimate of drug-likeness (QED) is 0.727. The van der Waals surface area contributed by atoms with Crippen molar-refractivity contribution in [1.82, 2.24) is 23.1 Å². The van der Waals surface area contributed by atoms with Crippen LogP contribution in [0.2, 0.25) is 0 Å². The first-order chi connectivity index (χ1) is 10.5. The Labute approximate surface area is 125 Å². The van der Waals surface area contributed by atoms with Crippen LogP contribution in [-0.2, 0) is 20.1 Å². The van der Waals surface area contributed by atoms with Gasteiger partial charge in [-0.2, -0.15) is 4.98 Å². The highest BCUT2D eigenvalue weighted by Gasteiger charge is 2.19. The van der Waals surface area contributed by atoms with Crippen molar-refractivity contribution >= 4 is 16.9 Å². The summed E-state index contributed by atoms with van der Waals surface area (Å²) in [6.45, 7) is 4.82. The fourth-order valence-corrected chi connectivity index (χ4v) is 2.87. The fraction of sp³-hybridized carbons (Fsp3) is 0.500. The maximum Gasteiger partial charge on any atom is 0.332 e. The molecule has 0 aromatic carbocycles. The van der Waals surface area contributed by atoms with Crippen LogP contribution in [-0.4, -0.2) is 34.8 Å². The van der Waals surface area contributed by atoms with Gasteiger partial charge in [0, 0.05) is 38.6 Å². The molecule has 0 radical (unpaired) electrons. The topological polar surface area (TPSA) is 86.5 Å². The Morgan fingerprint density at radius 3 is 2.64 bits per heavy atom. The Morgan fingerprint density at radius 1 is 1.27 bits per heavy atom. The minimum atomic E-state index is -0.411.